The summed E-state index contributed by atoms with van der Waals surface area (Å²) in [6.07, 6.45) is 1.42. The van der Waals surface area contributed by atoms with Crippen molar-refractivity contribution in [1.29, 1.82) is 0 Å². The molecule has 2 N–H and O–H groups in total. The molecule has 3 aromatic heterocycles. The van der Waals surface area contributed by atoms with Crippen LogP contribution < -0.4 is 10.6 Å². The van der Waals surface area contributed by atoms with Crippen molar-refractivity contribution in [2.24, 2.45) is 0 Å². The van der Waals surface area contributed by atoms with Gasteiger partial charge in [-0.1, -0.05) is 12.1 Å². The molecule has 2 aliphatic heterocycles. The van der Waals surface area contributed by atoms with Crippen LogP contribution in [0.2, 0.25) is 0 Å². The minimum absolute atomic E-state index is 0.0628. The molecule has 9 heteroatoms. The van der Waals surface area contributed by atoms with Gasteiger partial charge in [-0.15, -0.1) is 22.7 Å². The van der Waals surface area contributed by atoms with Crippen LogP contribution in [0.3, 0.4) is 0 Å². The largest absolute Gasteiger partial charge is 0.371 e. The summed E-state index contributed by atoms with van der Waals surface area (Å²) in [5.41, 5.74) is 0.886. The van der Waals surface area contributed by atoms with Crippen molar-refractivity contribution < 1.29 is 14.3 Å². The molecular weight excluding hydrogens is 396 g/mol. The van der Waals surface area contributed by atoms with Crippen LogP contribution in [0.15, 0.2) is 47.3 Å². The second kappa shape index (κ2) is 7.59. The molecule has 2 aliphatic rings. The number of nitrogens with zero attached hydrogens (tertiary/aromatic N) is 2. The van der Waals surface area contributed by atoms with E-state index >= 15 is 0 Å². The van der Waals surface area contributed by atoms with Crippen molar-refractivity contribution in [3.63, 3.8) is 0 Å². The molecule has 0 aromatic carbocycles. The van der Waals surface area contributed by atoms with E-state index in [1.807, 2.05) is 41.1 Å². The van der Waals surface area contributed by atoms with Crippen LogP contribution in [-0.2, 0) is 9.47 Å². The Labute approximate surface area is 169 Å². The molecule has 28 heavy (non-hydrogen) atoms. The van der Waals surface area contributed by atoms with Crippen LogP contribution in [-0.4, -0.2) is 53.4 Å². The lowest BCUT2D eigenvalue weighted by Gasteiger charge is -2.18. The van der Waals surface area contributed by atoms with Crippen molar-refractivity contribution in [3.05, 3.63) is 52.2 Å². The summed E-state index contributed by atoms with van der Waals surface area (Å²) in [5.74, 6) is 0.464. The fourth-order valence-corrected chi connectivity index (χ4v) is 4.87. The monoisotopic (exact) mass is 414 g/mol. The summed E-state index contributed by atoms with van der Waals surface area (Å²) in [7, 11) is 0. The lowest BCUT2D eigenvalue weighted by molar-refractivity contribution is 0.0652. The number of carbonyl (C=O) groups is 1. The summed E-state index contributed by atoms with van der Waals surface area (Å²) in [5, 5.41) is 10.3. The van der Waals surface area contributed by atoms with Crippen LogP contribution in [0.4, 0.5) is 5.95 Å². The quantitative estimate of drug-likeness (QED) is 0.668. The zero-order chi connectivity index (χ0) is 18.9. The number of ether oxygens (including phenoxy) is 2. The molecule has 5 heterocycles. The highest BCUT2D eigenvalue weighted by Gasteiger charge is 2.48. The third kappa shape index (κ3) is 3.42. The number of rotatable bonds is 5. The zero-order valence-corrected chi connectivity index (χ0v) is 16.4. The highest BCUT2D eigenvalue weighted by Crippen LogP contribution is 2.29. The van der Waals surface area contributed by atoms with Crippen molar-refractivity contribution in [2.45, 2.75) is 24.3 Å². The van der Waals surface area contributed by atoms with E-state index in [1.165, 1.54) is 11.3 Å². The third-order valence-corrected chi connectivity index (χ3v) is 6.62. The maximum absolute atomic E-state index is 12.3. The number of amides is 1. The fraction of sp³-hybridized carbons (Fsp3) is 0.316. The normalized spacial score (nSPS) is 26.1. The maximum atomic E-state index is 12.3. The lowest BCUT2D eigenvalue weighted by Crippen LogP contribution is -2.44. The van der Waals surface area contributed by atoms with Crippen LogP contribution in [0.25, 0.3) is 10.6 Å². The van der Waals surface area contributed by atoms with Gasteiger partial charge in [0.2, 0.25) is 5.95 Å². The van der Waals surface area contributed by atoms with Crippen molar-refractivity contribution in [1.82, 2.24) is 15.3 Å². The van der Waals surface area contributed by atoms with E-state index in [4.69, 9.17) is 9.47 Å². The molecule has 1 amide bonds. The number of anilines is 1. The predicted octanol–water partition coefficient (Wildman–Crippen LogP) is 2.64. The van der Waals surface area contributed by atoms with Gasteiger partial charge in [0.1, 0.15) is 12.2 Å². The van der Waals surface area contributed by atoms with Gasteiger partial charge in [0.05, 0.1) is 40.7 Å². The summed E-state index contributed by atoms with van der Waals surface area (Å²) in [4.78, 5) is 23.0. The zero-order valence-electron chi connectivity index (χ0n) is 14.8. The van der Waals surface area contributed by atoms with Gasteiger partial charge in [-0.3, -0.25) is 4.79 Å². The molecule has 0 spiro atoms. The number of hydrogen-bond donors (Lipinski definition) is 2. The SMILES string of the molecule is O=C(NC1COC2C(Nc3nccc(-c4cccs4)n3)COC12)c1cccs1. The number of fused-ring (bicyclic) bond motifs is 1. The summed E-state index contributed by atoms with van der Waals surface area (Å²) >= 11 is 3.06. The van der Waals surface area contributed by atoms with E-state index < -0.39 is 0 Å². The van der Waals surface area contributed by atoms with E-state index in [0.29, 0.717) is 24.0 Å². The highest BCUT2D eigenvalue weighted by atomic mass is 32.1. The Hall–Kier alpha value is -2.33. The number of carbonyl (C=O) groups excluding carboxylic acids is 1. The first kappa shape index (κ1) is 17.7. The molecule has 4 atom stereocenters. The van der Waals surface area contributed by atoms with Gasteiger partial charge >= 0.3 is 0 Å². The molecule has 0 bridgehead atoms. The van der Waals surface area contributed by atoms with E-state index in [-0.39, 0.29) is 30.2 Å². The standard InChI is InChI=1S/C19H18N4O3S2/c24-18(15-4-2-8-28-15)21-12-9-25-17-13(10-26-16(12)17)23-19-20-6-5-11(22-19)14-3-1-7-27-14/h1-8,12-13,16-17H,9-10H2,(H,21,24)(H,20,22,23). The molecule has 2 saturated heterocycles. The van der Waals surface area contributed by atoms with Crippen molar-refractivity contribution in [3.8, 4) is 10.6 Å². The Morgan fingerprint density at radius 1 is 1.04 bits per heavy atom. The van der Waals surface area contributed by atoms with E-state index in [1.54, 1.807) is 17.5 Å². The van der Waals surface area contributed by atoms with Gasteiger partial charge in [-0.25, -0.2) is 9.97 Å². The average molecular weight is 415 g/mol. The van der Waals surface area contributed by atoms with Crippen molar-refractivity contribution >= 4 is 34.5 Å². The Balaban J connectivity index is 1.24. The van der Waals surface area contributed by atoms with Gasteiger partial charge in [0.25, 0.3) is 5.91 Å². The van der Waals surface area contributed by atoms with E-state index in [9.17, 15) is 4.79 Å². The van der Waals surface area contributed by atoms with E-state index in [0.717, 1.165) is 10.6 Å². The van der Waals surface area contributed by atoms with Gasteiger partial charge < -0.3 is 20.1 Å². The molecule has 3 aromatic rings. The molecular formula is C19H18N4O3S2. The number of thiophene rings is 2. The molecule has 5 rings (SSSR count). The first-order valence-electron chi connectivity index (χ1n) is 8.99. The molecule has 0 aliphatic carbocycles. The second-order valence-corrected chi connectivity index (χ2v) is 8.54. The van der Waals surface area contributed by atoms with Gasteiger partial charge in [0, 0.05) is 6.20 Å². The minimum atomic E-state index is -0.179. The first-order chi connectivity index (χ1) is 13.8. The Kier molecular flexibility index (Phi) is 4.81. The highest BCUT2D eigenvalue weighted by molar-refractivity contribution is 7.13. The van der Waals surface area contributed by atoms with Gasteiger partial charge in [-0.2, -0.15) is 0 Å². The van der Waals surface area contributed by atoms with Crippen molar-refractivity contribution in [2.75, 3.05) is 18.5 Å². The summed E-state index contributed by atoms with van der Waals surface area (Å²) < 4.78 is 11.9. The number of aromatic nitrogens is 2. The van der Waals surface area contributed by atoms with Gasteiger partial charge in [-0.05, 0) is 29.0 Å². The summed E-state index contributed by atoms with van der Waals surface area (Å²) in [6, 6.07) is 9.38. The summed E-state index contributed by atoms with van der Waals surface area (Å²) in [6.45, 7) is 0.911. The van der Waals surface area contributed by atoms with Crippen LogP contribution >= 0.6 is 22.7 Å². The minimum Gasteiger partial charge on any atom is -0.371 e. The Bertz CT molecular complexity index is 948. The Morgan fingerprint density at radius 2 is 1.82 bits per heavy atom. The van der Waals surface area contributed by atoms with Crippen LogP contribution in [0, 0.1) is 0 Å². The molecule has 0 saturated carbocycles. The fourth-order valence-electron chi connectivity index (χ4n) is 3.55. The molecule has 4 unspecified atom stereocenters. The smallest absolute Gasteiger partial charge is 0.261 e. The topological polar surface area (TPSA) is 85.4 Å². The number of hydrogen-bond acceptors (Lipinski definition) is 8. The molecule has 7 nitrogen and oxygen atoms in total. The molecule has 144 valence electrons. The number of nitrogens with one attached hydrogen (secondary N) is 2. The molecule has 2 fully saturated rings. The lowest BCUT2D eigenvalue weighted by atomic mass is 10.1. The Morgan fingerprint density at radius 3 is 2.61 bits per heavy atom. The maximum Gasteiger partial charge on any atom is 0.261 e. The first-order valence-corrected chi connectivity index (χ1v) is 10.7. The van der Waals surface area contributed by atoms with Crippen LogP contribution in [0.5, 0.6) is 0 Å². The predicted molar refractivity (Wildman–Crippen MR) is 108 cm³/mol. The molecule has 0 radical (unpaired) electrons. The second-order valence-electron chi connectivity index (χ2n) is 6.65. The van der Waals surface area contributed by atoms with Gasteiger partial charge in [0.15, 0.2) is 0 Å². The van der Waals surface area contributed by atoms with E-state index in [2.05, 4.69) is 20.6 Å². The third-order valence-electron chi connectivity index (χ3n) is 4.86. The van der Waals surface area contributed by atoms with Crippen LogP contribution in [0.1, 0.15) is 9.67 Å². The average Bonchev–Trinajstić information content (AvgIpc) is 3.50.